The molecule has 2 aliphatic rings. The van der Waals surface area contributed by atoms with Gasteiger partial charge in [-0.15, -0.1) is 0 Å². The van der Waals surface area contributed by atoms with Crippen molar-refractivity contribution in [1.29, 1.82) is 0 Å². The van der Waals surface area contributed by atoms with E-state index in [2.05, 4.69) is 18.5 Å². The van der Waals surface area contributed by atoms with E-state index in [0.717, 1.165) is 24.2 Å². The zero-order valence-electron chi connectivity index (χ0n) is 25.3. The lowest BCUT2D eigenvalue weighted by atomic mass is 9.95. The first-order chi connectivity index (χ1) is 21.8. The van der Waals surface area contributed by atoms with E-state index in [0.29, 0.717) is 60.7 Å². The fourth-order valence-electron chi connectivity index (χ4n) is 4.97. The summed E-state index contributed by atoms with van der Waals surface area (Å²) in [5, 5.41) is 11.7. The van der Waals surface area contributed by atoms with Gasteiger partial charge >= 0.3 is 11.9 Å². The number of aliphatic hydroxyl groups is 1. The molecule has 0 spiro atoms. The van der Waals surface area contributed by atoms with Crippen molar-refractivity contribution in [2.75, 3.05) is 37.9 Å². The minimum Gasteiger partial charge on any atom is -0.507 e. The van der Waals surface area contributed by atoms with E-state index in [1.54, 1.807) is 43.3 Å². The van der Waals surface area contributed by atoms with Crippen LogP contribution in [0.2, 0.25) is 0 Å². The summed E-state index contributed by atoms with van der Waals surface area (Å²) >= 11 is 0.915. The molecule has 12 heteroatoms. The standard InChI is InChI=1S/C33H34N2O9S/c1-5-8-14-41-22-11-9-20(17-24(22)40-7-3)27-26(28(36)21-10-12-23-25(18-21)43-16-15-42-23)29(37)31(38)35(27)33-34-19(4)30(45-33)32(39)44-13-6-2/h6,9-12,17-18,27,36H,2,5,7-8,13-16H2,1,3-4H3/t27-/m0/s1. The van der Waals surface area contributed by atoms with Gasteiger partial charge in [0.15, 0.2) is 28.1 Å². The molecule has 0 aliphatic carbocycles. The van der Waals surface area contributed by atoms with Gasteiger partial charge in [-0.25, -0.2) is 9.78 Å². The molecule has 1 aromatic heterocycles. The number of fused-ring (bicyclic) bond motifs is 1. The Hall–Kier alpha value is -4.84. The zero-order valence-corrected chi connectivity index (χ0v) is 26.1. The van der Waals surface area contributed by atoms with E-state index in [4.69, 9.17) is 23.7 Å². The van der Waals surface area contributed by atoms with Crippen molar-refractivity contribution in [2.24, 2.45) is 0 Å². The Bertz CT molecular complexity index is 1660. The molecule has 2 aromatic carbocycles. The summed E-state index contributed by atoms with van der Waals surface area (Å²) in [7, 11) is 0. The van der Waals surface area contributed by atoms with Gasteiger partial charge in [-0.1, -0.05) is 43.4 Å². The average Bonchev–Trinajstić information content (AvgIpc) is 3.56. The third kappa shape index (κ3) is 6.37. The van der Waals surface area contributed by atoms with Crippen LogP contribution in [0.3, 0.4) is 0 Å². The molecule has 0 unspecified atom stereocenters. The minimum absolute atomic E-state index is 0.00155. The molecular weight excluding hydrogens is 600 g/mol. The van der Waals surface area contributed by atoms with Gasteiger partial charge in [-0.05, 0) is 56.2 Å². The molecule has 1 atom stereocenters. The fraction of sp³-hybridized carbons (Fsp3) is 0.333. The predicted octanol–water partition coefficient (Wildman–Crippen LogP) is 5.77. The number of esters is 1. The Morgan fingerprint density at radius 1 is 1.11 bits per heavy atom. The number of amides is 1. The number of Topliss-reactive ketones (excluding diaryl/α,β-unsaturated/α-hetero) is 1. The van der Waals surface area contributed by atoms with Crippen LogP contribution >= 0.6 is 11.3 Å². The molecular formula is C33H34N2O9S. The van der Waals surface area contributed by atoms with Crippen LogP contribution < -0.4 is 23.8 Å². The quantitative estimate of drug-likeness (QED) is 0.0654. The maximum absolute atomic E-state index is 13.8. The molecule has 3 heterocycles. The van der Waals surface area contributed by atoms with Gasteiger partial charge < -0.3 is 28.8 Å². The Balaban J connectivity index is 1.66. The summed E-state index contributed by atoms with van der Waals surface area (Å²) in [6.07, 6.45) is 3.24. The van der Waals surface area contributed by atoms with Crippen molar-refractivity contribution in [2.45, 2.75) is 39.7 Å². The summed E-state index contributed by atoms with van der Waals surface area (Å²) in [4.78, 5) is 46.1. The van der Waals surface area contributed by atoms with Gasteiger partial charge in [0.2, 0.25) is 0 Å². The molecule has 5 rings (SSSR count). The van der Waals surface area contributed by atoms with Crippen molar-refractivity contribution >= 4 is 39.9 Å². The van der Waals surface area contributed by atoms with Crippen LogP contribution in [0.25, 0.3) is 5.76 Å². The van der Waals surface area contributed by atoms with Crippen LogP contribution in [0.1, 0.15) is 59.2 Å². The molecule has 2 aliphatic heterocycles. The summed E-state index contributed by atoms with van der Waals surface area (Å²) in [5.74, 6) is -1.04. The van der Waals surface area contributed by atoms with E-state index in [9.17, 15) is 19.5 Å². The Morgan fingerprint density at radius 2 is 1.89 bits per heavy atom. The molecule has 1 amide bonds. The number of anilines is 1. The monoisotopic (exact) mass is 634 g/mol. The normalized spacial score (nSPS) is 16.9. The Labute approximate surface area is 264 Å². The molecule has 1 fully saturated rings. The van der Waals surface area contributed by atoms with Crippen molar-refractivity contribution in [3.05, 3.63) is 76.3 Å². The number of rotatable bonds is 12. The number of hydrogen-bond donors (Lipinski definition) is 1. The number of ether oxygens (including phenoxy) is 5. The number of benzene rings is 2. The largest absolute Gasteiger partial charge is 0.507 e. The van der Waals surface area contributed by atoms with E-state index >= 15 is 0 Å². The first-order valence-corrected chi connectivity index (χ1v) is 15.5. The molecule has 0 saturated carbocycles. The molecule has 0 radical (unpaired) electrons. The first kappa shape index (κ1) is 31.6. The zero-order chi connectivity index (χ0) is 32.1. The lowest BCUT2D eigenvalue weighted by molar-refractivity contribution is -0.132. The van der Waals surface area contributed by atoms with E-state index in [1.165, 1.54) is 11.0 Å². The number of aromatic nitrogens is 1. The maximum Gasteiger partial charge on any atom is 0.350 e. The Morgan fingerprint density at radius 3 is 2.62 bits per heavy atom. The third-order valence-corrected chi connectivity index (χ3v) is 8.24. The van der Waals surface area contributed by atoms with E-state index in [1.807, 2.05) is 6.92 Å². The summed E-state index contributed by atoms with van der Waals surface area (Å²) in [5.41, 5.74) is 0.882. The van der Waals surface area contributed by atoms with Gasteiger partial charge in [0.05, 0.1) is 30.5 Å². The van der Waals surface area contributed by atoms with Crippen LogP contribution in [0.15, 0.2) is 54.6 Å². The average molecular weight is 635 g/mol. The topological polar surface area (TPSA) is 134 Å². The number of hydrogen-bond acceptors (Lipinski definition) is 11. The van der Waals surface area contributed by atoms with Crippen molar-refractivity contribution < 1.29 is 43.2 Å². The van der Waals surface area contributed by atoms with Gasteiger partial charge in [-0.3, -0.25) is 14.5 Å². The van der Waals surface area contributed by atoms with Crippen molar-refractivity contribution in [3.8, 4) is 23.0 Å². The van der Waals surface area contributed by atoms with Crippen LogP contribution in [0, 0.1) is 6.92 Å². The second-order valence-corrected chi connectivity index (χ2v) is 11.1. The molecule has 0 bridgehead atoms. The summed E-state index contributed by atoms with van der Waals surface area (Å²) in [6.45, 7) is 10.6. The summed E-state index contributed by atoms with van der Waals surface area (Å²) in [6, 6.07) is 8.78. The number of carbonyl (C=O) groups is 3. The van der Waals surface area contributed by atoms with Gasteiger partial charge in [-0.2, -0.15) is 0 Å². The number of aliphatic hydroxyl groups excluding tert-OH is 1. The predicted molar refractivity (Wildman–Crippen MR) is 168 cm³/mol. The van der Waals surface area contributed by atoms with E-state index < -0.39 is 29.5 Å². The van der Waals surface area contributed by atoms with Crippen LogP contribution in [-0.4, -0.2) is 60.8 Å². The minimum atomic E-state index is -1.12. The van der Waals surface area contributed by atoms with Crippen LogP contribution in [0.4, 0.5) is 5.13 Å². The molecule has 45 heavy (non-hydrogen) atoms. The number of aryl methyl sites for hydroxylation is 1. The van der Waals surface area contributed by atoms with E-state index in [-0.39, 0.29) is 27.8 Å². The highest BCUT2D eigenvalue weighted by Crippen LogP contribution is 2.46. The van der Waals surface area contributed by atoms with Gasteiger partial charge in [0.25, 0.3) is 5.78 Å². The van der Waals surface area contributed by atoms with Crippen molar-refractivity contribution in [1.82, 2.24) is 4.98 Å². The highest BCUT2D eigenvalue weighted by atomic mass is 32.1. The van der Waals surface area contributed by atoms with Gasteiger partial charge in [0.1, 0.15) is 30.5 Å². The Kier molecular flexibility index (Phi) is 9.72. The smallest absolute Gasteiger partial charge is 0.350 e. The van der Waals surface area contributed by atoms with Crippen LogP contribution in [0.5, 0.6) is 23.0 Å². The number of thiazole rings is 1. The number of nitrogens with zero attached hydrogens (tertiary/aromatic N) is 2. The molecule has 236 valence electrons. The number of ketones is 1. The fourth-order valence-corrected chi connectivity index (χ4v) is 5.96. The SMILES string of the molecule is C=CCOC(=O)c1sc(N2C(=O)C(=O)C(=C(O)c3ccc4c(c3)OCCO4)[C@@H]2c2ccc(OCCCC)c(OCC)c2)nc1C. The lowest BCUT2D eigenvalue weighted by Gasteiger charge is -2.24. The second kappa shape index (κ2) is 13.9. The lowest BCUT2D eigenvalue weighted by Crippen LogP contribution is -2.29. The second-order valence-electron chi connectivity index (χ2n) is 10.2. The third-order valence-electron chi connectivity index (χ3n) is 7.11. The van der Waals surface area contributed by atoms with Crippen molar-refractivity contribution in [3.63, 3.8) is 0 Å². The van der Waals surface area contributed by atoms with Crippen LogP contribution in [-0.2, 0) is 14.3 Å². The molecule has 3 aromatic rings. The molecule has 11 nitrogen and oxygen atoms in total. The van der Waals surface area contributed by atoms with Gasteiger partial charge in [0, 0.05) is 5.56 Å². The summed E-state index contributed by atoms with van der Waals surface area (Å²) < 4.78 is 28.3. The molecule has 1 saturated heterocycles. The molecule has 1 N–H and O–H groups in total. The highest BCUT2D eigenvalue weighted by molar-refractivity contribution is 7.17. The highest BCUT2D eigenvalue weighted by Gasteiger charge is 2.49. The number of unbranched alkanes of at least 4 members (excludes halogenated alkanes) is 1. The first-order valence-electron chi connectivity index (χ1n) is 14.6. The maximum atomic E-state index is 13.8. The number of carbonyl (C=O) groups excluding carboxylic acids is 3.